The molecule has 0 aliphatic carbocycles. The van der Waals surface area contributed by atoms with Gasteiger partial charge in [-0.25, -0.2) is 0 Å². The van der Waals surface area contributed by atoms with Crippen molar-refractivity contribution in [2.75, 3.05) is 4.90 Å². The van der Waals surface area contributed by atoms with Crippen molar-refractivity contribution in [1.82, 2.24) is 0 Å². The highest BCUT2D eigenvalue weighted by atomic mass is 32.2. The first-order chi connectivity index (χ1) is 16.6. The molecule has 1 aliphatic heterocycles. The molecule has 1 heterocycles. The zero-order chi connectivity index (χ0) is 23.5. The van der Waals surface area contributed by atoms with Gasteiger partial charge < -0.3 is 4.90 Å². The highest BCUT2D eigenvalue weighted by molar-refractivity contribution is 7.99. The van der Waals surface area contributed by atoms with Crippen LogP contribution in [0.1, 0.15) is 48.9 Å². The van der Waals surface area contributed by atoms with Crippen molar-refractivity contribution < 1.29 is 0 Å². The zero-order valence-corrected chi connectivity index (χ0v) is 21.0. The van der Waals surface area contributed by atoms with E-state index in [0.717, 1.165) is 6.42 Å². The van der Waals surface area contributed by atoms with Crippen LogP contribution in [0.5, 0.6) is 0 Å². The summed E-state index contributed by atoms with van der Waals surface area (Å²) < 4.78 is 0. The molecule has 2 heteroatoms. The Morgan fingerprint density at radius 2 is 1.53 bits per heavy atom. The zero-order valence-electron chi connectivity index (χ0n) is 20.2. The summed E-state index contributed by atoms with van der Waals surface area (Å²) in [6, 6.07) is 33.4. The highest BCUT2D eigenvalue weighted by Crippen LogP contribution is 2.52. The number of anilines is 3. The summed E-state index contributed by atoms with van der Waals surface area (Å²) in [5.41, 5.74) is 10.2. The summed E-state index contributed by atoms with van der Waals surface area (Å²) >= 11 is 1.88. The second kappa shape index (κ2) is 9.95. The summed E-state index contributed by atoms with van der Waals surface area (Å²) in [7, 11) is 0. The van der Waals surface area contributed by atoms with E-state index < -0.39 is 0 Å². The van der Waals surface area contributed by atoms with Gasteiger partial charge in [-0.05, 0) is 90.9 Å². The molecule has 5 rings (SSSR count). The number of benzene rings is 4. The van der Waals surface area contributed by atoms with Gasteiger partial charge in [-0.3, -0.25) is 0 Å². The van der Waals surface area contributed by atoms with Crippen LogP contribution in [-0.2, 0) is 6.42 Å². The summed E-state index contributed by atoms with van der Waals surface area (Å²) in [5.74, 6) is 0. The molecule has 4 aromatic carbocycles. The number of fused-ring (bicyclic) bond motifs is 2. The third-order valence-corrected chi connectivity index (χ3v) is 7.52. The van der Waals surface area contributed by atoms with Gasteiger partial charge in [0.05, 0.1) is 11.4 Å². The van der Waals surface area contributed by atoms with Crippen molar-refractivity contribution in [2.24, 2.45) is 0 Å². The van der Waals surface area contributed by atoms with Crippen LogP contribution in [0, 0.1) is 6.92 Å². The van der Waals surface area contributed by atoms with E-state index in [-0.39, 0.29) is 0 Å². The lowest BCUT2D eigenvalue weighted by molar-refractivity contribution is 0.795. The lowest BCUT2D eigenvalue weighted by atomic mass is 10.0. The summed E-state index contributed by atoms with van der Waals surface area (Å²) in [6.07, 6.45) is 5.90. The predicted molar refractivity (Wildman–Crippen MR) is 149 cm³/mol. The number of rotatable bonds is 6. The average Bonchev–Trinajstić information content (AvgIpc) is 2.87. The van der Waals surface area contributed by atoms with Crippen molar-refractivity contribution in [3.05, 3.63) is 113 Å². The summed E-state index contributed by atoms with van der Waals surface area (Å²) in [5, 5.41) is 0. The smallest absolute Gasteiger partial charge is 0.0602 e. The van der Waals surface area contributed by atoms with Gasteiger partial charge in [-0.15, -0.1) is 0 Å². The maximum atomic E-state index is 2.42. The molecule has 0 unspecified atom stereocenters. The second-order valence-corrected chi connectivity index (χ2v) is 10.2. The molecular weight excluding hydrogens is 430 g/mol. The fourth-order valence-corrected chi connectivity index (χ4v) is 5.73. The quantitative estimate of drug-likeness (QED) is 0.231. The van der Waals surface area contributed by atoms with Gasteiger partial charge in [0.2, 0.25) is 0 Å². The van der Waals surface area contributed by atoms with Crippen LogP contribution in [0.4, 0.5) is 17.1 Å². The maximum Gasteiger partial charge on any atom is 0.0602 e. The van der Waals surface area contributed by atoms with Crippen LogP contribution in [0.25, 0.3) is 11.6 Å². The Morgan fingerprint density at radius 1 is 0.824 bits per heavy atom. The first kappa shape index (κ1) is 22.6. The molecule has 170 valence electrons. The summed E-state index contributed by atoms with van der Waals surface area (Å²) in [6.45, 7) is 6.61. The third-order valence-electron chi connectivity index (χ3n) is 6.43. The van der Waals surface area contributed by atoms with Gasteiger partial charge in [0.25, 0.3) is 0 Å². The van der Waals surface area contributed by atoms with Gasteiger partial charge >= 0.3 is 0 Å². The molecule has 0 bridgehead atoms. The molecule has 0 N–H and O–H groups in total. The lowest BCUT2D eigenvalue weighted by Gasteiger charge is -2.33. The molecule has 0 amide bonds. The van der Waals surface area contributed by atoms with Crippen LogP contribution in [0.2, 0.25) is 0 Å². The molecule has 0 radical (unpaired) electrons. The van der Waals surface area contributed by atoms with Crippen molar-refractivity contribution in [1.29, 1.82) is 0 Å². The minimum atomic E-state index is 1.15. The Balaban J connectivity index is 1.55. The van der Waals surface area contributed by atoms with Crippen LogP contribution in [0.15, 0.2) is 101 Å². The van der Waals surface area contributed by atoms with Gasteiger partial charge in [-0.1, -0.05) is 85.8 Å². The minimum absolute atomic E-state index is 1.15. The molecule has 0 fully saturated rings. The predicted octanol–water partition coefficient (Wildman–Crippen LogP) is 9.83. The standard InChI is InChI=1S/C32H31NS/c1-4-5-9-25-13-16-28(17-14-25)33-29-18-12-23(2)20-31(29)34-32-22-26(15-19-30(32)33)21-24(3)27-10-7-6-8-11-27/h6-8,10-22H,4-5,9H2,1-3H3. The Labute approximate surface area is 208 Å². The number of unbranched alkanes of at least 4 members (excludes halogenated alkanes) is 1. The Hall–Kier alpha value is -3.23. The van der Waals surface area contributed by atoms with Crippen molar-refractivity contribution in [3.63, 3.8) is 0 Å². The molecule has 0 aromatic heterocycles. The topological polar surface area (TPSA) is 3.24 Å². The van der Waals surface area contributed by atoms with Gasteiger partial charge in [0, 0.05) is 15.5 Å². The van der Waals surface area contributed by atoms with Gasteiger partial charge in [0.1, 0.15) is 0 Å². The van der Waals surface area contributed by atoms with E-state index in [9.17, 15) is 0 Å². The van der Waals surface area contributed by atoms with Crippen molar-refractivity contribution >= 4 is 40.5 Å². The first-order valence-corrected chi connectivity index (χ1v) is 13.0. The van der Waals surface area contributed by atoms with Crippen LogP contribution < -0.4 is 4.90 Å². The molecule has 0 saturated heterocycles. The molecule has 0 spiro atoms. The molecule has 34 heavy (non-hydrogen) atoms. The van der Waals surface area contributed by atoms with Gasteiger partial charge in [-0.2, -0.15) is 0 Å². The van der Waals surface area contributed by atoms with Crippen molar-refractivity contribution in [3.8, 4) is 0 Å². The molecule has 1 aliphatic rings. The number of nitrogens with zero attached hydrogens (tertiary/aromatic N) is 1. The highest BCUT2D eigenvalue weighted by Gasteiger charge is 2.25. The monoisotopic (exact) mass is 461 g/mol. The normalized spacial score (nSPS) is 12.9. The molecule has 4 aromatic rings. The number of hydrogen-bond donors (Lipinski definition) is 0. The Morgan fingerprint density at radius 3 is 2.26 bits per heavy atom. The van der Waals surface area contributed by atoms with E-state index in [1.54, 1.807) is 0 Å². The lowest BCUT2D eigenvalue weighted by Crippen LogP contribution is -2.15. The van der Waals surface area contributed by atoms with Crippen LogP contribution >= 0.6 is 11.8 Å². The first-order valence-electron chi connectivity index (χ1n) is 12.2. The molecule has 1 nitrogen and oxygen atoms in total. The second-order valence-electron chi connectivity index (χ2n) is 9.10. The molecule has 0 saturated carbocycles. The van der Waals surface area contributed by atoms with E-state index in [2.05, 4.69) is 123 Å². The number of aryl methyl sites for hydroxylation is 2. The maximum absolute atomic E-state index is 2.42. The minimum Gasteiger partial charge on any atom is -0.308 e. The van der Waals surface area contributed by atoms with E-state index in [0.29, 0.717) is 0 Å². The van der Waals surface area contributed by atoms with E-state index in [1.807, 2.05) is 11.8 Å². The molecular formula is C32H31NS. The fourth-order valence-electron chi connectivity index (χ4n) is 4.53. The average molecular weight is 462 g/mol. The third kappa shape index (κ3) is 4.69. The number of allylic oxidation sites excluding steroid dienone is 1. The van der Waals surface area contributed by atoms with Crippen molar-refractivity contribution in [2.45, 2.75) is 49.8 Å². The largest absolute Gasteiger partial charge is 0.308 e. The van der Waals surface area contributed by atoms with E-state index >= 15 is 0 Å². The van der Waals surface area contributed by atoms with Crippen LogP contribution in [0.3, 0.4) is 0 Å². The van der Waals surface area contributed by atoms with Crippen LogP contribution in [-0.4, -0.2) is 0 Å². The van der Waals surface area contributed by atoms with E-state index in [4.69, 9.17) is 0 Å². The van der Waals surface area contributed by atoms with Gasteiger partial charge in [0.15, 0.2) is 0 Å². The summed E-state index contributed by atoms with van der Waals surface area (Å²) in [4.78, 5) is 5.02. The number of hydrogen-bond acceptors (Lipinski definition) is 2. The Kier molecular flexibility index (Phi) is 6.60. The SMILES string of the molecule is CCCCc1ccc(N2c3ccc(C)cc3Sc3cc(C=C(C)c4ccccc4)ccc32)cc1. The van der Waals surface area contributed by atoms with E-state index in [1.165, 1.54) is 67.5 Å². The fraction of sp³-hybridized carbons (Fsp3) is 0.188. The molecule has 0 atom stereocenters. The Bertz CT molecular complexity index is 1320.